The Balaban J connectivity index is 0.00000208. The SMILES string of the molecule is Cl.Cn1nc(-c2ccc(CNS(=O)[O-])cc2)c2ccccc2c1=O. The fourth-order valence-electron chi connectivity index (χ4n) is 2.44. The van der Waals surface area contributed by atoms with E-state index in [0.717, 1.165) is 22.2 Å². The number of aromatic nitrogens is 2. The molecule has 0 saturated heterocycles. The maximum Gasteiger partial charge on any atom is 0.274 e. The van der Waals surface area contributed by atoms with E-state index in [9.17, 15) is 13.6 Å². The van der Waals surface area contributed by atoms with Crippen LogP contribution in [0.15, 0.2) is 53.3 Å². The zero-order chi connectivity index (χ0) is 16.4. The van der Waals surface area contributed by atoms with E-state index >= 15 is 0 Å². The Hall–Kier alpha value is -2.06. The molecule has 1 N–H and O–H groups in total. The molecule has 8 heteroatoms. The standard InChI is InChI=1S/C16H15N3O3S.ClH/c1-19-16(20)14-5-3-2-4-13(14)15(18-19)12-8-6-11(7-9-12)10-17-23(21)22;/h2-9,17H,10H2,1H3,(H,21,22);1H/p-1. The number of aryl methyl sites for hydroxylation is 1. The molecule has 2 aromatic carbocycles. The summed E-state index contributed by atoms with van der Waals surface area (Å²) in [6.07, 6.45) is 0. The van der Waals surface area contributed by atoms with Gasteiger partial charge in [-0.1, -0.05) is 42.5 Å². The van der Waals surface area contributed by atoms with Crippen LogP contribution >= 0.6 is 12.4 Å². The molecule has 0 saturated carbocycles. The maximum atomic E-state index is 12.1. The lowest BCUT2D eigenvalue weighted by atomic mass is 10.0. The zero-order valence-corrected chi connectivity index (χ0v) is 14.4. The van der Waals surface area contributed by atoms with E-state index in [1.807, 2.05) is 42.5 Å². The summed E-state index contributed by atoms with van der Waals surface area (Å²) in [7, 11) is 1.63. The molecule has 0 radical (unpaired) electrons. The minimum Gasteiger partial charge on any atom is -0.760 e. The van der Waals surface area contributed by atoms with E-state index in [0.29, 0.717) is 5.39 Å². The lowest BCUT2D eigenvalue weighted by molar-refractivity contribution is 0.522. The summed E-state index contributed by atoms with van der Waals surface area (Å²) in [5.41, 5.74) is 2.29. The van der Waals surface area contributed by atoms with Gasteiger partial charge in [0.15, 0.2) is 0 Å². The van der Waals surface area contributed by atoms with Crippen LogP contribution in [0.25, 0.3) is 22.0 Å². The fourth-order valence-corrected chi connectivity index (χ4v) is 2.72. The molecule has 1 atom stereocenters. The van der Waals surface area contributed by atoms with Gasteiger partial charge in [0.25, 0.3) is 5.56 Å². The van der Waals surface area contributed by atoms with Gasteiger partial charge in [-0.05, 0) is 11.6 Å². The first-order valence-corrected chi connectivity index (χ1v) is 8.02. The third kappa shape index (κ3) is 3.70. The summed E-state index contributed by atoms with van der Waals surface area (Å²) in [4.78, 5) is 12.1. The molecule has 126 valence electrons. The first-order valence-electron chi connectivity index (χ1n) is 6.94. The molecule has 0 aliphatic carbocycles. The van der Waals surface area contributed by atoms with Crippen LogP contribution in [0.2, 0.25) is 0 Å². The smallest absolute Gasteiger partial charge is 0.274 e. The average Bonchev–Trinajstić information content (AvgIpc) is 2.57. The molecular formula is C16H15ClN3O3S-. The second kappa shape index (κ2) is 7.67. The summed E-state index contributed by atoms with van der Waals surface area (Å²) in [6.45, 7) is 0.234. The molecule has 1 aromatic heterocycles. The Kier molecular flexibility index (Phi) is 5.84. The Morgan fingerprint density at radius 2 is 1.75 bits per heavy atom. The molecule has 0 bridgehead atoms. The van der Waals surface area contributed by atoms with Gasteiger partial charge in [0, 0.05) is 35.8 Å². The second-order valence-electron chi connectivity index (χ2n) is 5.08. The Bertz CT molecular complexity index is 941. The molecule has 0 aliphatic rings. The number of hydrogen-bond acceptors (Lipinski definition) is 4. The van der Waals surface area contributed by atoms with E-state index in [1.54, 1.807) is 13.1 Å². The summed E-state index contributed by atoms with van der Waals surface area (Å²) < 4.78 is 24.7. The second-order valence-corrected chi connectivity index (χ2v) is 5.83. The molecule has 24 heavy (non-hydrogen) atoms. The van der Waals surface area contributed by atoms with Crippen molar-refractivity contribution in [3.05, 3.63) is 64.4 Å². The van der Waals surface area contributed by atoms with E-state index in [4.69, 9.17) is 0 Å². The highest BCUT2D eigenvalue weighted by atomic mass is 35.5. The van der Waals surface area contributed by atoms with E-state index < -0.39 is 11.3 Å². The highest BCUT2D eigenvalue weighted by Crippen LogP contribution is 2.24. The highest BCUT2D eigenvalue weighted by Gasteiger charge is 2.10. The van der Waals surface area contributed by atoms with Crippen molar-refractivity contribution in [2.24, 2.45) is 7.05 Å². The van der Waals surface area contributed by atoms with Crippen molar-refractivity contribution >= 4 is 34.4 Å². The summed E-state index contributed by atoms with van der Waals surface area (Å²) in [6, 6.07) is 14.7. The lowest BCUT2D eigenvalue weighted by Gasteiger charge is -2.10. The molecular weight excluding hydrogens is 350 g/mol. The fraction of sp³-hybridized carbons (Fsp3) is 0.125. The monoisotopic (exact) mass is 364 g/mol. The minimum absolute atomic E-state index is 0. The summed E-state index contributed by atoms with van der Waals surface area (Å²) >= 11 is -2.28. The van der Waals surface area contributed by atoms with Gasteiger partial charge in [0.2, 0.25) is 0 Å². The van der Waals surface area contributed by atoms with E-state index in [-0.39, 0.29) is 24.5 Å². The molecule has 1 heterocycles. The van der Waals surface area contributed by atoms with Crippen LogP contribution in [-0.2, 0) is 24.9 Å². The number of rotatable bonds is 4. The van der Waals surface area contributed by atoms with Gasteiger partial charge in [0.05, 0.1) is 11.1 Å². The predicted molar refractivity (Wildman–Crippen MR) is 95.4 cm³/mol. The molecule has 0 aliphatic heterocycles. The number of nitrogens with zero attached hydrogens (tertiary/aromatic N) is 2. The van der Waals surface area contributed by atoms with E-state index in [1.165, 1.54) is 4.68 Å². The molecule has 3 aromatic rings. The van der Waals surface area contributed by atoms with E-state index in [2.05, 4.69) is 9.82 Å². The van der Waals surface area contributed by atoms with Crippen molar-refractivity contribution < 1.29 is 8.76 Å². The van der Waals surface area contributed by atoms with Crippen LogP contribution in [0.4, 0.5) is 0 Å². The maximum absolute atomic E-state index is 12.1. The number of fused-ring (bicyclic) bond motifs is 1. The normalized spacial score (nSPS) is 11.9. The van der Waals surface area contributed by atoms with Crippen molar-refractivity contribution in [3.8, 4) is 11.3 Å². The van der Waals surface area contributed by atoms with Gasteiger partial charge < -0.3 is 4.55 Å². The first-order chi connectivity index (χ1) is 11.1. The third-order valence-electron chi connectivity index (χ3n) is 3.58. The van der Waals surface area contributed by atoms with Crippen molar-refractivity contribution in [1.82, 2.24) is 14.5 Å². The van der Waals surface area contributed by atoms with Crippen LogP contribution in [-0.4, -0.2) is 18.5 Å². The van der Waals surface area contributed by atoms with Crippen LogP contribution in [0.1, 0.15) is 5.56 Å². The van der Waals surface area contributed by atoms with Crippen molar-refractivity contribution in [2.45, 2.75) is 6.54 Å². The largest absolute Gasteiger partial charge is 0.760 e. The van der Waals surface area contributed by atoms with Gasteiger partial charge in [0.1, 0.15) is 0 Å². The van der Waals surface area contributed by atoms with Crippen molar-refractivity contribution in [2.75, 3.05) is 0 Å². The van der Waals surface area contributed by atoms with Gasteiger partial charge in [-0.15, -0.1) is 12.4 Å². The Labute approximate surface area is 147 Å². The van der Waals surface area contributed by atoms with Crippen molar-refractivity contribution in [1.29, 1.82) is 0 Å². The summed E-state index contributed by atoms with van der Waals surface area (Å²) in [5.74, 6) is 0. The number of halogens is 1. The quantitative estimate of drug-likeness (QED) is 0.716. The molecule has 3 rings (SSSR count). The molecule has 0 amide bonds. The average molecular weight is 365 g/mol. The zero-order valence-electron chi connectivity index (χ0n) is 12.8. The van der Waals surface area contributed by atoms with Gasteiger partial charge in [-0.25, -0.2) is 9.40 Å². The highest BCUT2D eigenvalue weighted by molar-refractivity contribution is 7.77. The van der Waals surface area contributed by atoms with Crippen molar-refractivity contribution in [3.63, 3.8) is 0 Å². The van der Waals surface area contributed by atoms with Crippen LogP contribution in [0, 0.1) is 0 Å². The Morgan fingerprint density at radius 1 is 1.12 bits per heavy atom. The number of benzene rings is 2. The third-order valence-corrected chi connectivity index (χ3v) is 3.96. The van der Waals surface area contributed by atoms with Gasteiger partial charge in [-0.3, -0.25) is 9.00 Å². The Morgan fingerprint density at radius 3 is 2.38 bits per heavy atom. The molecule has 0 fully saturated rings. The molecule has 0 spiro atoms. The van der Waals surface area contributed by atoms with Gasteiger partial charge in [-0.2, -0.15) is 5.10 Å². The first kappa shape index (κ1) is 18.3. The van der Waals surface area contributed by atoms with Gasteiger partial charge >= 0.3 is 0 Å². The predicted octanol–water partition coefficient (Wildman–Crippen LogP) is 1.91. The topological polar surface area (TPSA) is 87.1 Å². The van der Waals surface area contributed by atoms with Crippen LogP contribution in [0.3, 0.4) is 0 Å². The molecule has 1 unspecified atom stereocenters. The number of hydrogen-bond donors (Lipinski definition) is 1. The van der Waals surface area contributed by atoms with Crippen LogP contribution < -0.4 is 10.3 Å². The van der Waals surface area contributed by atoms with Crippen LogP contribution in [0.5, 0.6) is 0 Å². The summed E-state index contributed by atoms with van der Waals surface area (Å²) in [5, 5.41) is 5.78. The molecule has 6 nitrogen and oxygen atoms in total. The number of nitrogens with one attached hydrogen (secondary N) is 1. The lowest BCUT2D eigenvalue weighted by Crippen LogP contribution is -2.20. The minimum atomic E-state index is -2.28.